The number of aryl methyl sites for hydroxylation is 1. The van der Waals surface area contributed by atoms with Crippen molar-refractivity contribution in [2.24, 2.45) is 0 Å². The van der Waals surface area contributed by atoms with Crippen LogP contribution >= 0.6 is 11.6 Å². The molecule has 3 atom stereocenters. The molecule has 0 spiro atoms. The van der Waals surface area contributed by atoms with E-state index in [0.717, 1.165) is 77.3 Å². The minimum absolute atomic E-state index is 0.108. The molecule has 3 aromatic heterocycles. The van der Waals surface area contributed by atoms with E-state index in [1.165, 1.54) is 0 Å². The molecule has 0 aliphatic carbocycles. The summed E-state index contributed by atoms with van der Waals surface area (Å²) in [4.78, 5) is 7.18. The molecule has 0 saturated carbocycles. The molecule has 2 N–H and O–H groups in total. The fourth-order valence-electron chi connectivity index (χ4n) is 7.13. The molecule has 222 valence electrons. The summed E-state index contributed by atoms with van der Waals surface area (Å²) in [5.41, 5.74) is 4.93. The summed E-state index contributed by atoms with van der Waals surface area (Å²) in [5.74, 6) is -0.0329. The minimum atomic E-state index is -0.469. The maximum Gasteiger partial charge on any atom is 0.223 e. The van der Waals surface area contributed by atoms with Crippen LogP contribution in [0, 0.1) is 31.0 Å². The number of piperidine rings is 1. The van der Waals surface area contributed by atoms with E-state index in [4.69, 9.17) is 21.3 Å². The molecule has 2 aliphatic rings. The third-order valence-electron chi connectivity index (χ3n) is 9.60. The number of ether oxygens (including phenoxy) is 1. The van der Waals surface area contributed by atoms with Crippen LogP contribution in [0.25, 0.3) is 43.8 Å². The predicted molar refractivity (Wildman–Crippen MR) is 168 cm³/mol. The number of likely N-dealkylation sites (tertiary alicyclic amines) is 1. The quantitative estimate of drug-likeness (QED) is 0.222. The van der Waals surface area contributed by atoms with Crippen molar-refractivity contribution in [2.45, 2.75) is 64.1 Å². The summed E-state index contributed by atoms with van der Waals surface area (Å²) in [6.45, 7) is 6.33. The molecule has 0 amide bonds. The van der Waals surface area contributed by atoms with Gasteiger partial charge < -0.3 is 19.5 Å². The van der Waals surface area contributed by atoms with Crippen LogP contribution in [0.3, 0.4) is 0 Å². The third-order valence-corrected chi connectivity index (χ3v) is 9.90. The minimum Gasteiger partial charge on any atom is -0.476 e. The highest BCUT2D eigenvalue weighted by molar-refractivity contribution is 6.35. The van der Waals surface area contributed by atoms with Crippen molar-refractivity contribution in [3.8, 4) is 23.1 Å². The van der Waals surface area contributed by atoms with Gasteiger partial charge in [0, 0.05) is 46.2 Å². The van der Waals surface area contributed by atoms with Gasteiger partial charge in [-0.15, -0.1) is 0 Å². The molecule has 5 aromatic rings. The normalized spacial score (nSPS) is 21.3. The lowest BCUT2D eigenvalue weighted by Crippen LogP contribution is -2.38. The molecule has 2 fully saturated rings. The van der Waals surface area contributed by atoms with E-state index in [9.17, 15) is 5.26 Å². The zero-order valence-corrected chi connectivity index (χ0v) is 25.4. The average molecular weight is 600 g/mol. The van der Waals surface area contributed by atoms with Crippen molar-refractivity contribution >= 4 is 44.3 Å². The Labute approximate surface area is 254 Å². The Morgan fingerprint density at radius 2 is 2.05 bits per heavy atom. The number of nitriles is 1. The Balaban J connectivity index is 1.45. The summed E-state index contributed by atoms with van der Waals surface area (Å²) in [7, 11) is 2.12. The molecule has 7 rings (SSSR count). The Bertz CT molecular complexity index is 1910. The summed E-state index contributed by atoms with van der Waals surface area (Å²) in [6, 6.07) is 8.75. The largest absolute Gasteiger partial charge is 0.476 e. The maximum absolute atomic E-state index is 17.0. The zero-order valence-electron chi connectivity index (χ0n) is 24.7. The van der Waals surface area contributed by atoms with Crippen LogP contribution < -0.4 is 10.1 Å². The van der Waals surface area contributed by atoms with E-state index in [1.807, 2.05) is 32.0 Å². The van der Waals surface area contributed by atoms with Gasteiger partial charge >= 0.3 is 0 Å². The van der Waals surface area contributed by atoms with Gasteiger partial charge in [0.2, 0.25) is 5.88 Å². The number of aromatic amines is 1. The number of halogens is 2. The highest BCUT2D eigenvalue weighted by Gasteiger charge is 2.29. The zero-order chi connectivity index (χ0) is 29.8. The number of aromatic nitrogens is 4. The van der Waals surface area contributed by atoms with Gasteiger partial charge in [-0.3, -0.25) is 5.10 Å². The summed E-state index contributed by atoms with van der Waals surface area (Å²) >= 11 is 7.02. The Morgan fingerprint density at radius 3 is 2.84 bits per heavy atom. The Hall–Kier alpha value is -3.71. The number of nitrogens with one attached hydrogen (secondary N) is 2. The molecule has 2 aliphatic heterocycles. The number of hydrogen-bond donors (Lipinski definition) is 2. The molecule has 0 radical (unpaired) electrons. The molecular weight excluding hydrogens is 565 g/mol. The van der Waals surface area contributed by atoms with E-state index in [2.05, 4.69) is 44.3 Å². The fourth-order valence-corrected chi connectivity index (χ4v) is 7.41. The van der Waals surface area contributed by atoms with Crippen LogP contribution in [0.5, 0.6) is 5.88 Å². The maximum atomic E-state index is 17.0. The van der Waals surface area contributed by atoms with E-state index >= 15 is 4.39 Å². The fraction of sp³-hybridized carbons (Fsp3) is 0.424. The molecule has 0 bridgehead atoms. The van der Waals surface area contributed by atoms with Crippen LogP contribution in [-0.4, -0.2) is 63.5 Å². The summed E-state index contributed by atoms with van der Waals surface area (Å²) in [6.07, 6.45) is 8.12. The van der Waals surface area contributed by atoms with Crippen LogP contribution in [0.2, 0.25) is 5.02 Å². The van der Waals surface area contributed by atoms with Crippen LogP contribution in [-0.2, 0) is 0 Å². The topological polar surface area (TPSA) is 94.8 Å². The van der Waals surface area contributed by atoms with Gasteiger partial charge in [-0.25, -0.2) is 9.37 Å². The molecular formula is C33H35ClFN7O. The van der Waals surface area contributed by atoms with Crippen LogP contribution in [0.4, 0.5) is 4.39 Å². The van der Waals surface area contributed by atoms with E-state index in [1.54, 1.807) is 6.20 Å². The lowest BCUT2D eigenvalue weighted by atomic mass is 9.92. The predicted octanol–water partition coefficient (Wildman–Crippen LogP) is 6.82. The number of benzene rings is 2. The number of rotatable bonds is 6. The number of pyridine rings is 1. The smallest absolute Gasteiger partial charge is 0.223 e. The van der Waals surface area contributed by atoms with E-state index in [-0.39, 0.29) is 17.6 Å². The number of likely N-dealkylation sites (N-methyl/N-ethyl adjacent to an activating group) is 1. The van der Waals surface area contributed by atoms with Crippen molar-refractivity contribution in [3.05, 3.63) is 52.6 Å². The van der Waals surface area contributed by atoms with Gasteiger partial charge in [-0.2, -0.15) is 10.4 Å². The Morgan fingerprint density at radius 1 is 1.19 bits per heavy atom. The lowest BCUT2D eigenvalue weighted by Gasteiger charge is -2.31. The standard InChI is InChI=1S/C33H35ClFN7O/c1-18-13-27-25(16-38-40-27)28(19(18)2)29-26(34)15-24-31(30(29)35)39-33(43-17-22-5-4-11-41(22)3)23-8-12-42(32(23)24)21-7-10-37-20(14-21)6-9-36/h8,12-13,15-16,20-22,37H,4-7,10-11,14,17H2,1-3H3,(H,38,40)/t20-,21+,22+/m1/s1. The molecule has 0 unspecified atom stereocenters. The first-order valence-corrected chi connectivity index (χ1v) is 15.4. The van der Waals surface area contributed by atoms with E-state index < -0.39 is 5.82 Å². The van der Waals surface area contributed by atoms with Crippen molar-refractivity contribution < 1.29 is 9.13 Å². The molecule has 8 nitrogen and oxygen atoms in total. The first-order valence-electron chi connectivity index (χ1n) is 15.0. The van der Waals surface area contributed by atoms with Gasteiger partial charge in [-0.1, -0.05) is 11.6 Å². The van der Waals surface area contributed by atoms with E-state index in [0.29, 0.717) is 40.9 Å². The van der Waals surface area contributed by atoms with Crippen LogP contribution in [0.1, 0.15) is 49.3 Å². The van der Waals surface area contributed by atoms with Crippen molar-refractivity contribution in [1.29, 1.82) is 5.26 Å². The van der Waals surface area contributed by atoms with Gasteiger partial charge in [-0.05, 0) is 89.0 Å². The molecule has 2 aromatic carbocycles. The van der Waals surface area contributed by atoms with Gasteiger partial charge in [0.15, 0.2) is 5.82 Å². The van der Waals surface area contributed by atoms with Crippen molar-refractivity contribution in [1.82, 2.24) is 30.0 Å². The Kier molecular flexibility index (Phi) is 7.24. The van der Waals surface area contributed by atoms with Gasteiger partial charge in [0.05, 0.1) is 40.1 Å². The second kappa shape index (κ2) is 11.1. The lowest BCUT2D eigenvalue weighted by molar-refractivity contribution is 0.195. The van der Waals surface area contributed by atoms with Gasteiger partial charge in [0.1, 0.15) is 12.1 Å². The second-order valence-electron chi connectivity index (χ2n) is 12.1. The average Bonchev–Trinajstić information content (AvgIpc) is 3.74. The molecule has 43 heavy (non-hydrogen) atoms. The molecule has 10 heteroatoms. The number of hydrogen-bond acceptors (Lipinski definition) is 6. The summed E-state index contributed by atoms with van der Waals surface area (Å²) < 4.78 is 25.7. The monoisotopic (exact) mass is 599 g/mol. The number of H-pyrrole nitrogens is 1. The highest BCUT2D eigenvalue weighted by Crippen LogP contribution is 2.44. The molecule has 2 saturated heterocycles. The highest BCUT2D eigenvalue weighted by atomic mass is 35.5. The number of fused-ring (bicyclic) bond motifs is 4. The third kappa shape index (κ3) is 4.73. The van der Waals surface area contributed by atoms with Crippen LogP contribution in [0.15, 0.2) is 30.6 Å². The van der Waals surface area contributed by atoms with Crippen molar-refractivity contribution in [2.75, 3.05) is 26.7 Å². The summed E-state index contributed by atoms with van der Waals surface area (Å²) in [5, 5.41) is 22.7. The van der Waals surface area contributed by atoms with Crippen molar-refractivity contribution in [3.63, 3.8) is 0 Å². The first kappa shape index (κ1) is 28.1. The second-order valence-corrected chi connectivity index (χ2v) is 12.6. The van der Waals surface area contributed by atoms with Gasteiger partial charge in [0.25, 0.3) is 0 Å². The number of nitrogens with zero attached hydrogens (tertiary/aromatic N) is 5. The molecule has 5 heterocycles. The SMILES string of the molecule is Cc1cc2[nH]ncc2c(-c2c(Cl)cc3c(nc(OC[C@@H]4CCCN4C)c4ccn([C@H]5CCN[C@H](CC#N)C5)c43)c2F)c1C. The first-order chi connectivity index (χ1) is 20.9.